The molecule has 0 spiro atoms. The molecule has 0 nitrogen and oxygen atoms in total. The van der Waals surface area contributed by atoms with Gasteiger partial charge in [0.05, 0.1) is 0 Å². The van der Waals surface area contributed by atoms with Crippen LogP contribution in [0.5, 0.6) is 0 Å². The van der Waals surface area contributed by atoms with Gasteiger partial charge < -0.3 is 0 Å². The SMILES string of the molecule is CCCC(C)C#Cc1ccsc1. The van der Waals surface area contributed by atoms with Gasteiger partial charge in [-0.1, -0.05) is 32.1 Å². The molecule has 0 fully saturated rings. The number of thiophene rings is 1. The van der Waals surface area contributed by atoms with Crippen molar-refractivity contribution in [3.63, 3.8) is 0 Å². The highest BCUT2D eigenvalue weighted by atomic mass is 32.1. The predicted molar refractivity (Wildman–Crippen MR) is 55.3 cm³/mol. The summed E-state index contributed by atoms with van der Waals surface area (Å²) in [7, 11) is 0. The third-order valence-electron chi connectivity index (χ3n) is 1.71. The Balaban J connectivity index is 2.48. The molecule has 1 aromatic heterocycles. The van der Waals surface area contributed by atoms with Crippen molar-refractivity contribution < 1.29 is 0 Å². The van der Waals surface area contributed by atoms with Gasteiger partial charge in [-0.25, -0.2) is 0 Å². The summed E-state index contributed by atoms with van der Waals surface area (Å²) in [6.07, 6.45) is 2.43. The molecule has 1 rings (SSSR count). The summed E-state index contributed by atoms with van der Waals surface area (Å²) in [4.78, 5) is 0. The van der Waals surface area contributed by atoms with E-state index in [0.717, 1.165) is 5.56 Å². The Morgan fingerprint density at radius 3 is 3.00 bits per heavy atom. The number of rotatable bonds is 2. The van der Waals surface area contributed by atoms with Crippen molar-refractivity contribution in [1.29, 1.82) is 0 Å². The zero-order valence-corrected chi connectivity index (χ0v) is 8.45. The van der Waals surface area contributed by atoms with E-state index in [1.165, 1.54) is 12.8 Å². The van der Waals surface area contributed by atoms with E-state index in [1.807, 2.05) is 0 Å². The lowest BCUT2D eigenvalue weighted by Gasteiger charge is -1.97. The number of hydrogen-bond donors (Lipinski definition) is 0. The molecule has 64 valence electrons. The normalized spacial score (nSPS) is 11.8. The Morgan fingerprint density at radius 1 is 1.58 bits per heavy atom. The maximum absolute atomic E-state index is 3.24. The first-order valence-electron chi connectivity index (χ1n) is 4.36. The summed E-state index contributed by atoms with van der Waals surface area (Å²) < 4.78 is 0. The van der Waals surface area contributed by atoms with Crippen molar-refractivity contribution in [2.24, 2.45) is 5.92 Å². The van der Waals surface area contributed by atoms with E-state index in [-0.39, 0.29) is 0 Å². The van der Waals surface area contributed by atoms with Gasteiger partial charge in [-0.15, -0.1) is 0 Å². The summed E-state index contributed by atoms with van der Waals surface area (Å²) in [5, 5.41) is 4.15. The van der Waals surface area contributed by atoms with Gasteiger partial charge in [0.1, 0.15) is 0 Å². The maximum atomic E-state index is 3.24. The molecule has 0 amide bonds. The molecule has 0 bridgehead atoms. The third-order valence-corrected chi connectivity index (χ3v) is 2.39. The topological polar surface area (TPSA) is 0 Å². The molecule has 0 saturated heterocycles. The van der Waals surface area contributed by atoms with Crippen LogP contribution in [0.15, 0.2) is 16.8 Å². The Bertz CT molecular complexity index is 261. The van der Waals surface area contributed by atoms with Crippen LogP contribution in [0.4, 0.5) is 0 Å². The molecule has 0 saturated carbocycles. The quantitative estimate of drug-likeness (QED) is 0.608. The highest BCUT2D eigenvalue weighted by molar-refractivity contribution is 7.08. The van der Waals surface area contributed by atoms with E-state index in [4.69, 9.17) is 0 Å². The van der Waals surface area contributed by atoms with Gasteiger partial charge in [-0.3, -0.25) is 0 Å². The van der Waals surface area contributed by atoms with Crippen LogP contribution in [-0.2, 0) is 0 Å². The summed E-state index contributed by atoms with van der Waals surface area (Å²) in [5.74, 6) is 6.95. The van der Waals surface area contributed by atoms with Crippen LogP contribution in [0.25, 0.3) is 0 Å². The fourth-order valence-electron chi connectivity index (χ4n) is 1.05. The largest absolute Gasteiger partial charge is 0.151 e. The molecule has 12 heavy (non-hydrogen) atoms. The average molecular weight is 178 g/mol. The van der Waals surface area contributed by atoms with E-state index in [9.17, 15) is 0 Å². The standard InChI is InChI=1S/C11H14S/c1-3-4-10(2)5-6-11-7-8-12-9-11/h7-10H,3-4H2,1-2H3. The van der Waals surface area contributed by atoms with Gasteiger partial charge in [0, 0.05) is 16.9 Å². The molecule has 1 aromatic rings. The summed E-state index contributed by atoms with van der Waals surface area (Å²) in [6, 6.07) is 2.07. The lowest BCUT2D eigenvalue weighted by molar-refractivity contribution is 0.653. The van der Waals surface area contributed by atoms with Crippen LogP contribution in [-0.4, -0.2) is 0 Å². The molecule has 1 unspecified atom stereocenters. The van der Waals surface area contributed by atoms with Gasteiger partial charge in [0.15, 0.2) is 0 Å². The molecule has 0 N–H and O–H groups in total. The van der Waals surface area contributed by atoms with Crippen molar-refractivity contribution in [2.75, 3.05) is 0 Å². The molecule has 0 aliphatic carbocycles. The highest BCUT2D eigenvalue weighted by Crippen LogP contribution is 2.06. The van der Waals surface area contributed by atoms with E-state index in [1.54, 1.807) is 11.3 Å². The molecule has 0 aliphatic rings. The van der Waals surface area contributed by atoms with Crippen molar-refractivity contribution in [3.05, 3.63) is 22.4 Å². The van der Waals surface area contributed by atoms with Crippen molar-refractivity contribution >= 4 is 11.3 Å². The Hall–Kier alpha value is -0.740. The molecule has 0 aliphatic heterocycles. The van der Waals surface area contributed by atoms with Gasteiger partial charge in [0.2, 0.25) is 0 Å². The second-order valence-electron chi connectivity index (χ2n) is 2.97. The first-order valence-corrected chi connectivity index (χ1v) is 5.31. The molecular weight excluding hydrogens is 164 g/mol. The lowest BCUT2D eigenvalue weighted by Crippen LogP contribution is -1.87. The smallest absolute Gasteiger partial charge is 0.0352 e. The molecule has 1 heteroatoms. The van der Waals surface area contributed by atoms with Gasteiger partial charge in [0.25, 0.3) is 0 Å². The van der Waals surface area contributed by atoms with E-state index in [2.05, 4.69) is 42.5 Å². The van der Waals surface area contributed by atoms with Crippen LogP contribution in [0.3, 0.4) is 0 Å². The summed E-state index contributed by atoms with van der Waals surface area (Å²) in [5.41, 5.74) is 1.16. The Morgan fingerprint density at radius 2 is 2.42 bits per heavy atom. The van der Waals surface area contributed by atoms with Crippen LogP contribution in [0.1, 0.15) is 32.3 Å². The van der Waals surface area contributed by atoms with Crippen LogP contribution in [0, 0.1) is 17.8 Å². The van der Waals surface area contributed by atoms with Crippen molar-refractivity contribution in [2.45, 2.75) is 26.7 Å². The fourth-order valence-corrected chi connectivity index (χ4v) is 1.64. The van der Waals surface area contributed by atoms with Gasteiger partial charge >= 0.3 is 0 Å². The highest BCUT2D eigenvalue weighted by Gasteiger charge is 1.93. The number of hydrogen-bond acceptors (Lipinski definition) is 1. The molecule has 1 heterocycles. The van der Waals surface area contributed by atoms with E-state index in [0.29, 0.717) is 5.92 Å². The molecule has 1 atom stereocenters. The summed E-state index contributed by atoms with van der Waals surface area (Å²) >= 11 is 1.70. The lowest BCUT2D eigenvalue weighted by atomic mass is 10.1. The van der Waals surface area contributed by atoms with E-state index >= 15 is 0 Å². The maximum Gasteiger partial charge on any atom is 0.0352 e. The van der Waals surface area contributed by atoms with Gasteiger partial charge in [-0.2, -0.15) is 11.3 Å². The molecular formula is C11H14S. The first kappa shape index (κ1) is 9.35. The Labute approximate surface area is 78.6 Å². The van der Waals surface area contributed by atoms with Gasteiger partial charge in [-0.05, 0) is 17.9 Å². The zero-order chi connectivity index (χ0) is 8.81. The average Bonchev–Trinajstić information content (AvgIpc) is 2.53. The van der Waals surface area contributed by atoms with E-state index < -0.39 is 0 Å². The van der Waals surface area contributed by atoms with Crippen LogP contribution >= 0.6 is 11.3 Å². The second kappa shape index (κ2) is 5.00. The van der Waals surface area contributed by atoms with Crippen molar-refractivity contribution in [3.8, 4) is 11.8 Å². The monoisotopic (exact) mass is 178 g/mol. The minimum atomic E-state index is 0.537. The minimum Gasteiger partial charge on any atom is -0.151 e. The molecule has 0 radical (unpaired) electrons. The second-order valence-corrected chi connectivity index (χ2v) is 3.75. The fraction of sp³-hybridized carbons (Fsp3) is 0.455. The first-order chi connectivity index (χ1) is 5.83. The van der Waals surface area contributed by atoms with Crippen molar-refractivity contribution in [1.82, 2.24) is 0 Å². The van der Waals surface area contributed by atoms with Crippen LogP contribution in [0.2, 0.25) is 0 Å². The van der Waals surface area contributed by atoms with Crippen LogP contribution < -0.4 is 0 Å². The Kier molecular flexibility index (Phi) is 3.90. The molecule has 0 aromatic carbocycles. The predicted octanol–water partition coefficient (Wildman–Crippen LogP) is 3.54. The third kappa shape index (κ3) is 3.11. The zero-order valence-electron chi connectivity index (χ0n) is 7.63. The summed E-state index contributed by atoms with van der Waals surface area (Å²) in [6.45, 7) is 4.38. The minimum absolute atomic E-state index is 0.537.